The molecule has 4 nitrogen and oxygen atoms in total. The van der Waals surface area contributed by atoms with Gasteiger partial charge in [0.25, 0.3) is 0 Å². The Morgan fingerprint density at radius 3 is 2.52 bits per heavy atom. The van der Waals surface area contributed by atoms with Gasteiger partial charge in [0.2, 0.25) is 5.91 Å². The lowest BCUT2D eigenvalue weighted by Gasteiger charge is -2.64. The van der Waals surface area contributed by atoms with Crippen LogP contribution in [0.25, 0.3) is 0 Å². The highest BCUT2D eigenvalue weighted by Crippen LogP contribution is 2.69. The molecule has 4 heteroatoms. The third kappa shape index (κ3) is 2.66. The van der Waals surface area contributed by atoms with Crippen molar-refractivity contribution in [3.05, 3.63) is 24.0 Å². The Balaban J connectivity index is 1.44. The highest BCUT2D eigenvalue weighted by molar-refractivity contribution is 5.83. The Labute approximate surface area is 138 Å². The smallest absolute Gasteiger partial charge is 0.226 e. The average Bonchev–Trinajstić information content (AvgIpc) is 2.44. The number of aromatic nitrogens is 2. The van der Waals surface area contributed by atoms with Gasteiger partial charge in [-0.15, -0.1) is 0 Å². The molecule has 4 fully saturated rings. The molecule has 4 bridgehead atoms. The predicted octanol–water partition coefficient (Wildman–Crippen LogP) is 3.13. The van der Waals surface area contributed by atoms with Crippen LogP contribution in [0.15, 0.2) is 18.5 Å². The first-order chi connectivity index (χ1) is 10.9. The van der Waals surface area contributed by atoms with Crippen molar-refractivity contribution < 1.29 is 4.79 Å². The van der Waals surface area contributed by atoms with Crippen molar-refractivity contribution in [1.82, 2.24) is 15.5 Å². The summed E-state index contributed by atoms with van der Waals surface area (Å²) in [6.45, 7) is 5.53. The molecular formula is C19H27N3O. The van der Waals surface area contributed by atoms with Crippen molar-refractivity contribution in [2.45, 2.75) is 58.8 Å². The summed E-state index contributed by atoms with van der Waals surface area (Å²) >= 11 is 0. The van der Waals surface area contributed by atoms with Crippen LogP contribution in [0.4, 0.5) is 0 Å². The van der Waals surface area contributed by atoms with Gasteiger partial charge in [-0.25, -0.2) is 0 Å². The lowest BCUT2D eigenvalue weighted by Crippen LogP contribution is -2.60. The average molecular weight is 313 g/mol. The first-order valence-corrected chi connectivity index (χ1v) is 8.95. The highest BCUT2D eigenvalue weighted by atomic mass is 16.2. The molecular weight excluding hydrogens is 286 g/mol. The molecule has 4 aliphatic rings. The molecule has 2 unspecified atom stereocenters. The lowest BCUT2D eigenvalue weighted by molar-refractivity contribution is -0.170. The number of amides is 1. The Kier molecular flexibility index (Phi) is 3.30. The molecule has 124 valence electrons. The van der Waals surface area contributed by atoms with Crippen molar-refractivity contribution in [1.29, 1.82) is 0 Å². The van der Waals surface area contributed by atoms with Crippen LogP contribution in [0.2, 0.25) is 0 Å². The lowest BCUT2D eigenvalue weighted by atomic mass is 9.40. The number of nitrogens with one attached hydrogen (secondary N) is 1. The van der Waals surface area contributed by atoms with E-state index in [1.165, 1.54) is 19.3 Å². The van der Waals surface area contributed by atoms with Gasteiger partial charge in [0, 0.05) is 12.7 Å². The molecule has 0 spiro atoms. The van der Waals surface area contributed by atoms with Gasteiger partial charge in [-0.3, -0.25) is 4.79 Å². The summed E-state index contributed by atoms with van der Waals surface area (Å²) in [5.74, 6) is 1.07. The van der Waals surface area contributed by atoms with Crippen molar-refractivity contribution in [2.75, 3.05) is 6.54 Å². The molecule has 2 atom stereocenters. The van der Waals surface area contributed by atoms with Crippen LogP contribution in [0.3, 0.4) is 0 Å². The molecule has 4 saturated carbocycles. The maximum Gasteiger partial charge on any atom is 0.226 e. The summed E-state index contributed by atoms with van der Waals surface area (Å²) < 4.78 is 0. The van der Waals surface area contributed by atoms with E-state index in [2.05, 4.69) is 29.4 Å². The highest BCUT2D eigenvalue weighted by Gasteiger charge is 2.62. The van der Waals surface area contributed by atoms with Gasteiger partial charge in [-0.05, 0) is 73.3 Å². The van der Waals surface area contributed by atoms with E-state index in [0.29, 0.717) is 23.3 Å². The number of carbonyl (C=O) groups is 1. The van der Waals surface area contributed by atoms with Crippen molar-refractivity contribution >= 4 is 5.91 Å². The quantitative estimate of drug-likeness (QED) is 0.929. The van der Waals surface area contributed by atoms with Crippen LogP contribution in [0, 0.1) is 22.2 Å². The van der Waals surface area contributed by atoms with E-state index >= 15 is 0 Å². The summed E-state index contributed by atoms with van der Waals surface area (Å²) in [5.41, 5.74) is 1.81. The number of carbonyl (C=O) groups excluding carboxylic acids is 1. The van der Waals surface area contributed by atoms with Gasteiger partial charge in [0.05, 0.1) is 11.6 Å². The van der Waals surface area contributed by atoms with Crippen LogP contribution in [-0.4, -0.2) is 22.6 Å². The van der Waals surface area contributed by atoms with E-state index in [0.717, 1.165) is 37.2 Å². The zero-order chi connectivity index (χ0) is 16.1. The van der Waals surface area contributed by atoms with E-state index in [1.807, 2.05) is 6.07 Å². The second-order valence-electron chi connectivity index (χ2n) is 9.17. The minimum atomic E-state index is -0.0978. The standard InChI is InChI=1S/C19H27N3O/c1-17-7-15-8-18(2,11-17)13-19(9-15,12-17)16(23)20-5-3-14-4-6-21-22-10-14/h4,6,10,15H,3,5,7-9,11-13H2,1-2H3,(H,20,23). The van der Waals surface area contributed by atoms with E-state index < -0.39 is 0 Å². The van der Waals surface area contributed by atoms with Gasteiger partial charge in [-0.1, -0.05) is 13.8 Å². The van der Waals surface area contributed by atoms with Gasteiger partial charge in [0.15, 0.2) is 0 Å². The van der Waals surface area contributed by atoms with Crippen molar-refractivity contribution in [2.24, 2.45) is 22.2 Å². The summed E-state index contributed by atoms with van der Waals surface area (Å²) in [6, 6.07) is 1.96. The Hall–Kier alpha value is -1.45. The molecule has 0 aliphatic heterocycles. The van der Waals surface area contributed by atoms with Gasteiger partial charge >= 0.3 is 0 Å². The van der Waals surface area contributed by atoms with Crippen LogP contribution in [-0.2, 0) is 11.2 Å². The molecule has 1 amide bonds. The molecule has 0 radical (unpaired) electrons. The SMILES string of the molecule is CC12CC3CC(C)(C1)CC(C(=O)NCCc1ccnnc1)(C3)C2. The zero-order valence-corrected chi connectivity index (χ0v) is 14.3. The largest absolute Gasteiger partial charge is 0.355 e. The fourth-order valence-electron chi connectivity index (χ4n) is 6.67. The Morgan fingerprint density at radius 1 is 1.17 bits per heavy atom. The van der Waals surface area contributed by atoms with E-state index in [-0.39, 0.29) is 5.41 Å². The van der Waals surface area contributed by atoms with Gasteiger partial charge in [-0.2, -0.15) is 10.2 Å². The number of hydrogen-bond donors (Lipinski definition) is 1. The molecule has 0 saturated heterocycles. The number of hydrogen-bond acceptors (Lipinski definition) is 3. The minimum Gasteiger partial charge on any atom is -0.355 e. The summed E-state index contributed by atoms with van der Waals surface area (Å²) in [5, 5.41) is 10.9. The number of nitrogens with zero attached hydrogens (tertiary/aromatic N) is 2. The van der Waals surface area contributed by atoms with Crippen LogP contribution >= 0.6 is 0 Å². The maximum atomic E-state index is 13.0. The fourth-order valence-corrected chi connectivity index (χ4v) is 6.67. The normalized spacial score (nSPS) is 41.0. The minimum absolute atomic E-state index is 0.0978. The van der Waals surface area contributed by atoms with Crippen LogP contribution in [0.5, 0.6) is 0 Å². The second-order valence-corrected chi connectivity index (χ2v) is 9.17. The molecule has 1 aromatic rings. The molecule has 5 rings (SSSR count). The van der Waals surface area contributed by atoms with Crippen LogP contribution < -0.4 is 5.32 Å². The molecule has 4 aliphatic carbocycles. The topological polar surface area (TPSA) is 54.9 Å². The van der Waals surface area contributed by atoms with Crippen molar-refractivity contribution in [3.8, 4) is 0 Å². The van der Waals surface area contributed by atoms with E-state index in [9.17, 15) is 4.79 Å². The zero-order valence-electron chi connectivity index (χ0n) is 14.3. The first kappa shape index (κ1) is 15.1. The molecule has 1 N–H and O–H groups in total. The molecule has 1 heterocycles. The molecule has 23 heavy (non-hydrogen) atoms. The predicted molar refractivity (Wildman–Crippen MR) is 88.6 cm³/mol. The Morgan fingerprint density at radius 2 is 1.91 bits per heavy atom. The monoisotopic (exact) mass is 313 g/mol. The molecule has 0 aromatic carbocycles. The number of rotatable bonds is 4. The van der Waals surface area contributed by atoms with Crippen LogP contribution in [0.1, 0.15) is 57.9 Å². The summed E-state index contributed by atoms with van der Waals surface area (Å²) in [7, 11) is 0. The third-order valence-corrected chi connectivity index (χ3v) is 6.45. The Bertz CT molecular complexity index is 596. The molecule has 1 aromatic heterocycles. The summed E-state index contributed by atoms with van der Waals surface area (Å²) in [6.07, 6.45) is 11.6. The van der Waals surface area contributed by atoms with Gasteiger partial charge in [0.1, 0.15) is 0 Å². The van der Waals surface area contributed by atoms with Gasteiger partial charge < -0.3 is 5.32 Å². The first-order valence-electron chi connectivity index (χ1n) is 8.95. The summed E-state index contributed by atoms with van der Waals surface area (Å²) in [4.78, 5) is 13.0. The van der Waals surface area contributed by atoms with E-state index in [1.54, 1.807) is 12.4 Å². The van der Waals surface area contributed by atoms with Crippen molar-refractivity contribution in [3.63, 3.8) is 0 Å². The fraction of sp³-hybridized carbons (Fsp3) is 0.737. The second kappa shape index (κ2) is 5.02. The maximum absolute atomic E-state index is 13.0. The van der Waals surface area contributed by atoms with E-state index in [4.69, 9.17) is 0 Å². The third-order valence-electron chi connectivity index (χ3n) is 6.45.